The van der Waals surface area contributed by atoms with Crippen molar-refractivity contribution in [3.05, 3.63) is 45.9 Å². The lowest BCUT2D eigenvalue weighted by Crippen LogP contribution is -1.97. The van der Waals surface area contributed by atoms with Gasteiger partial charge < -0.3 is 0 Å². The molecule has 0 amide bonds. The van der Waals surface area contributed by atoms with Gasteiger partial charge in [0.1, 0.15) is 5.69 Å². The summed E-state index contributed by atoms with van der Waals surface area (Å²) in [5.41, 5.74) is 2.14. The lowest BCUT2D eigenvalue weighted by molar-refractivity contribution is 0.405. The molecule has 3 rings (SSSR count). The van der Waals surface area contributed by atoms with Crippen LogP contribution in [0.15, 0.2) is 35.0 Å². The largest absolute Gasteiger partial charge is 0.270 e. The van der Waals surface area contributed by atoms with Gasteiger partial charge in [0.05, 0.1) is 0 Å². The highest BCUT2D eigenvalue weighted by Crippen LogP contribution is 2.60. The van der Waals surface area contributed by atoms with Crippen molar-refractivity contribution in [3.8, 4) is 0 Å². The first-order valence-electron chi connectivity index (χ1n) is 5.25. The van der Waals surface area contributed by atoms with E-state index in [1.165, 1.54) is 0 Å². The van der Waals surface area contributed by atoms with Gasteiger partial charge in [-0.15, -0.1) is 4.91 Å². The third-order valence-corrected chi connectivity index (χ3v) is 3.65. The van der Waals surface area contributed by atoms with Crippen molar-refractivity contribution in [1.82, 2.24) is 0 Å². The Labute approximate surface area is 90.9 Å². The Balaban J connectivity index is 2.26. The quantitative estimate of drug-likeness (QED) is 0.653. The summed E-state index contributed by atoms with van der Waals surface area (Å²) in [6.45, 7) is 0. The molecule has 2 aliphatic rings. The van der Waals surface area contributed by atoms with Gasteiger partial charge in [0, 0.05) is 17.4 Å². The van der Waals surface area contributed by atoms with Gasteiger partial charge in [-0.05, 0) is 35.2 Å². The first-order valence-corrected chi connectivity index (χ1v) is 5.25. The fourth-order valence-electron chi connectivity index (χ4n) is 3.11. The monoisotopic (exact) mass is 221 g/mol. The van der Waals surface area contributed by atoms with E-state index in [-0.39, 0.29) is 17.4 Å². The van der Waals surface area contributed by atoms with Crippen molar-refractivity contribution in [2.24, 2.45) is 5.18 Å². The average molecular weight is 221 g/mol. The van der Waals surface area contributed by atoms with Crippen molar-refractivity contribution in [2.45, 2.75) is 24.7 Å². The van der Waals surface area contributed by atoms with Crippen LogP contribution in [0.3, 0.4) is 0 Å². The molecule has 0 saturated heterocycles. The fraction of sp³-hybridized carbons (Fsp3) is 0.333. The van der Waals surface area contributed by atoms with Crippen LogP contribution < -0.4 is 0 Å². The van der Waals surface area contributed by atoms with Gasteiger partial charge in [0.15, 0.2) is 0 Å². The Hall–Kier alpha value is -1.58. The molecular formula is C12H9F2NO. The molecular weight excluding hydrogens is 212 g/mol. The van der Waals surface area contributed by atoms with Crippen molar-refractivity contribution < 1.29 is 8.78 Å². The highest BCUT2D eigenvalue weighted by Gasteiger charge is 2.45. The lowest BCUT2D eigenvalue weighted by atomic mass is 9.91. The van der Waals surface area contributed by atoms with E-state index in [1.54, 1.807) is 12.1 Å². The molecule has 0 aliphatic heterocycles. The Morgan fingerprint density at radius 3 is 2.69 bits per heavy atom. The zero-order valence-corrected chi connectivity index (χ0v) is 8.41. The molecule has 0 N–H and O–H groups in total. The number of hydrogen-bond donors (Lipinski definition) is 0. The minimum atomic E-state index is -1.58. The number of benzene rings is 1. The number of nitroso groups, excluding NO2 is 1. The van der Waals surface area contributed by atoms with Gasteiger partial charge >= 0.3 is 0 Å². The number of nitrogens with zero attached hydrogens (tertiary/aromatic N) is 1. The molecule has 1 aromatic rings. The zero-order chi connectivity index (χ0) is 11.3. The van der Waals surface area contributed by atoms with Crippen molar-refractivity contribution in [3.63, 3.8) is 0 Å². The van der Waals surface area contributed by atoms with E-state index in [9.17, 15) is 13.7 Å². The van der Waals surface area contributed by atoms with Crippen LogP contribution in [0.2, 0.25) is 0 Å². The molecule has 0 heterocycles. The minimum absolute atomic E-state index is 0.188. The smallest absolute Gasteiger partial charge is 0.173 e. The highest BCUT2D eigenvalue weighted by atomic mass is 19.3. The van der Waals surface area contributed by atoms with E-state index in [0.717, 1.165) is 17.5 Å². The van der Waals surface area contributed by atoms with Gasteiger partial charge in [0.25, 0.3) is 6.08 Å². The van der Waals surface area contributed by atoms with Crippen LogP contribution in [-0.2, 0) is 0 Å². The van der Waals surface area contributed by atoms with Crippen LogP contribution >= 0.6 is 0 Å². The Kier molecular flexibility index (Phi) is 1.93. The lowest BCUT2D eigenvalue weighted by Gasteiger charge is -2.14. The second kappa shape index (κ2) is 3.20. The molecule has 2 unspecified atom stereocenters. The standard InChI is InChI=1S/C12H9F2NO/c13-12(14)11-7-4-5-8(11)10-6(7)2-1-3-9(10)15-16/h1-3,7-8H,4-5H2. The molecule has 2 bridgehead atoms. The number of rotatable bonds is 1. The molecule has 1 saturated carbocycles. The van der Waals surface area contributed by atoms with Crippen LogP contribution in [0.1, 0.15) is 35.8 Å². The molecule has 0 radical (unpaired) electrons. The Morgan fingerprint density at radius 1 is 1.25 bits per heavy atom. The van der Waals surface area contributed by atoms with Crippen LogP contribution in [-0.4, -0.2) is 0 Å². The summed E-state index contributed by atoms with van der Waals surface area (Å²) in [6.07, 6.45) is -0.121. The maximum absolute atomic E-state index is 12.9. The fourth-order valence-corrected chi connectivity index (χ4v) is 3.11. The van der Waals surface area contributed by atoms with Gasteiger partial charge in [-0.1, -0.05) is 12.1 Å². The highest BCUT2D eigenvalue weighted by molar-refractivity contribution is 5.63. The number of allylic oxidation sites excluding steroid dienone is 1. The molecule has 2 aliphatic carbocycles. The summed E-state index contributed by atoms with van der Waals surface area (Å²) >= 11 is 0. The minimum Gasteiger partial charge on any atom is -0.173 e. The predicted molar refractivity (Wildman–Crippen MR) is 55.9 cm³/mol. The van der Waals surface area contributed by atoms with Crippen LogP contribution in [0.5, 0.6) is 0 Å². The van der Waals surface area contributed by atoms with E-state index in [4.69, 9.17) is 0 Å². The summed E-state index contributed by atoms with van der Waals surface area (Å²) in [7, 11) is 0. The predicted octanol–water partition coefficient (Wildman–Crippen LogP) is 4.21. The van der Waals surface area contributed by atoms with Crippen LogP contribution in [0, 0.1) is 4.91 Å². The van der Waals surface area contributed by atoms with E-state index in [0.29, 0.717) is 12.1 Å². The van der Waals surface area contributed by atoms with Gasteiger partial charge in [-0.3, -0.25) is 0 Å². The van der Waals surface area contributed by atoms with Gasteiger partial charge in [0.2, 0.25) is 0 Å². The maximum Gasteiger partial charge on any atom is 0.270 e. The van der Waals surface area contributed by atoms with Crippen LogP contribution in [0.4, 0.5) is 14.5 Å². The molecule has 2 nitrogen and oxygen atoms in total. The Bertz CT molecular complexity index is 506. The molecule has 16 heavy (non-hydrogen) atoms. The molecule has 4 heteroatoms. The second-order valence-corrected chi connectivity index (χ2v) is 4.27. The van der Waals surface area contributed by atoms with E-state index >= 15 is 0 Å². The number of fused-ring (bicyclic) bond motifs is 5. The molecule has 82 valence electrons. The molecule has 0 spiro atoms. The van der Waals surface area contributed by atoms with E-state index in [1.807, 2.05) is 6.07 Å². The number of hydrogen-bond acceptors (Lipinski definition) is 2. The van der Waals surface area contributed by atoms with Crippen molar-refractivity contribution in [1.29, 1.82) is 0 Å². The third-order valence-electron chi connectivity index (χ3n) is 3.65. The van der Waals surface area contributed by atoms with Crippen LogP contribution in [0.25, 0.3) is 0 Å². The first kappa shape index (κ1) is 9.63. The summed E-state index contributed by atoms with van der Waals surface area (Å²) in [5.74, 6) is -0.467. The molecule has 0 aromatic heterocycles. The third kappa shape index (κ3) is 1.04. The zero-order valence-electron chi connectivity index (χ0n) is 8.41. The molecule has 1 fully saturated rings. The van der Waals surface area contributed by atoms with Crippen molar-refractivity contribution in [2.75, 3.05) is 0 Å². The van der Waals surface area contributed by atoms with E-state index in [2.05, 4.69) is 5.18 Å². The van der Waals surface area contributed by atoms with Gasteiger partial charge in [-0.25, -0.2) is 0 Å². The first-order chi connectivity index (χ1) is 7.74. The van der Waals surface area contributed by atoms with E-state index < -0.39 is 6.08 Å². The topological polar surface area (TPSA) is 29.4 Å². The summed E-state index contributed by atoms with van der Waals surface area (Å²) in [4.78, 5) is 10.7. The Morgan fingerprint density at radius 2 is 2.00 bits per heavy atom. The summed E-state index contributed by atoms with van der Waals surface area (Å²) < 4.78 is 25.7. The SMILES string of the molecule is O=Nc1cccc2c1C1CCC2C1=C(F)F. The normalized spacial score (nSPS) is 25.8. The summed E-state index contributed by atoms with van der Waals surface area (Å²) in [6, 6.07) is 5.14. The number of halogens is 2. The second-order valence-electron chi connectivity index (χ2n) is 4.27. The van der Waals surface area contributed by atoms with Crippen molar-refractivity contribution >= 4 is 5.69 Å². The maximum atomic E-state index is 12.9. The summed E-state index contributed by atoms with van der Waals surface area (Å²) in [5, 5.41) is 2.94. The van der Waals surface area contributed by atoms with Gasteiger partial charge in [-0.2, -0.15) is 8.78 Å². The molecule has 2 atom stereocenters. The molecule has 1 aromatic carbocycles. The average Bonchev–Trinajstić information content (AvgIpc) is 2.84.